The van der Waals surface area contributed by atoms with E-state index in [0.29, 0.717) is 6.42 Å². The minimum Gasteiger partial charge on any atom is -0.458 e. The van der Waals surface area contributed by atoms with E-state index in [4.69, 9.17) is 10.00 Å². The Balaban J connectivity index is 1.92. The zero-order chi connectivity index (χ0) is 17.0. The first kappa shape index (κ1) is 18.3. The van der Waals surface area contributed by atoms with E-state index in [1.54, 1.807) is 0 Å². The van der Waals surface area contributed by atoms with Crippen LogP contribution in [-0.2, 0) is 9.53 Å². The van der Waals surface area contributed by atoms with Crippen molar-refractivity contribution in [3.05, 3.63) is 42.0 Å². The number of carbonyl (C=O) groups is 1. The Hall–Kier alpha value is -2.08. The van der Waals surface area contributed by atoms with Crippen LogP contribution in [0.1, 0.15) is 63.4 Å². The fourth-order valence-electron chi connectivity index (χ4n) is 3.11. The molecule has 3 nitrogen and oxygen atoms in total. The van der Waals surface area contributed by atoms with Crippen LogP contribution in [0.4, 0.5) is 0 Å². The van der Waals surface area contributed by atoms with Gasteiger partial charge in [-0.2, -0.15) is 5.26 Å². The molecule has 0 aromatic heterocycles. The average molecular weight is 325 g/mol. The van der Waals surface area contributed by atoms with Crippen LogP contribution in [-0.4, -0.2) is 12.1 Å². The zero-order valence-corrected chi connectivity index (χ0v) is 14.3. The van der Waals surface area contributed by atoms with Gasteiger partial charge in [0, 0.05) is 6.42 Å². The van der Waals surface area contributed by atoms with Gasteiger partial charge in [0.2, 0.25) is 0 Å². The van der Waals surface area contributed by atoms with E-state index in [1.165, 1.54) is 6.42 Å². The van der Waals surface area contributed by atoms with Gasteiger partial charge in [0.25, 0.3) is 0 Å². The van der Waals surface area contributed by atoms with E-state index >= 15 is 0 Å². The van der Waals surface area contributed by atoms with E-state index in [-0.39, 0.29) is 18.0 Å². The molecule has 1 aromatic carbocycles. The minimum atomic E-state index is -0.196. The molecule has 24 heavy (non-hydrogen) atoms. The van der Waals surface area contributed by atoms with Crippen molar-refractivity contribution < 1.29 is 9.53 Å². The standard InChI is InChI=1S/C21H27NO2/c22-17-9-3-8-14-20(16-15-18-10-4-1-5-11-18)24-21(23)19-12-6-2-7-13-19/h1,4-5,10-11,15-16,19-20H,2-3,6-9,12-14H2/b16-15+/t20-/m1/s1. The summed E-state index contributed by atoms with van der Waals surface area (Å²) >= 11 is 0. The lowest BCUT2D eigenvalue weighted by molar-refractivity contribution is -0.153. The second-order valence-corrected chi connectivity index (χ2v) is 6.48. The van der Waals surface area contributed by atoms with Crippen LogP contribution in [0.2, 0.25) is 0 Å². The molecular weight excluding hydrogens is 298 g/mol. The molecule has 3 heteroatoms. The normalized spacial score (nSPS) is 16.6. The largest absolute Gasteiger partial charge is 0.458 e. The number of esters is 1. The molecule has 0 aliphatic heterocycles. The lowest BCUT2D eigenvalue weighted by Gasteiger charge is -2.22. The van der Waals surface area contributed by atoms with Gasteiger partial charge in [0.05, 0.1) is 12.0 Å². The molecule has 1 fully saturated rings. The van der Waals surface area contributed by atoms with Gasteiger partial charge in [-0.3, -0.25) is 4.79 Å². The number of hydrogen-bond acceptors (Lipinski definition) is 3. The van der Waals surface area contributed by atoms with Gasteiger partial charge in [-0.05, 0) is 43.7 Å². The number of ether oxygens (including phenoxy) is 1. The summed E-state index contributed by atoms with van der Waals surface area (Å²) in [5, 5.41) is 8.65. The molecule has 1 aliphatic rings. The summed E-state index contributed by atoms with van der Waals surface area (Å²) in [6.07, 6.45) is 12.3. The Bertz CT molecular complexity index is 553. The van der Waals surface area contributed by atoms with Crippen LogP contribution in [0.5, 0.6) is 0 Å². The number of carbonyl (C=O) groups excluding carboxylic acids is 1. The highest BCUT2D eigenvalue weighted by molar-refractivity contribution is 5.73. The van der Waals surface area contributed by atoms with Gasteiger partial charge in [-0.25, -0.2) is 0 Å². The maximum Gasteiger partial charge on any atom is 0.309 e. The van der Waals surface area contributed by atoms with Crippen molar-refractivity contribution >= 4 is 12.0 Å². The van der Waals surface area contributed by atoms with Gasteiger partial charge < -0.3 is 4.74 Å². The quantitative estimate of drug-likeness (QED) is 0.483. The third-order valence-electron chi connectivity index (χ3n) is 4.54. The highest BCUT2D eigenvalue weighted by Gasteiger charge is 2.24. The molecule has 0 unspecified atom stereocenters. The molecule has 0 spiro atoms. The number of nitriles is 1. The maximum atomic E-state index is 12.4. The maximum absolute atomic E-state index is 12.4. The summed E-state index contributed by atoms with van der Waals surface area (Å²) in [4.78, 5) is 12.4. The average Bonchev–Trinajstić information content (AvgIpc) is 2.64. The van der Waals surface area contributed by atoms with Crippen LogP contribution in [0.3, 0.4) is 0 Å². The predicted molar refractivity (Wildman–Crippen MR) is 96.0 cm³/mol. The number of nitrogens with zero attached hydrogens (tertiary/aromatic N) is 1. The Morgan fingerprint density at radius 1 is 1.21 bits per heavy atom. The summed E-state index contributed by atoms with van der Waals surface area (Å²) < 4.78 is 5.78. The van der Waals surface area contributed by atoms with E-state index in [1.807, 2.05) is 42.5 Å². The number of benzene rings is 1. The van der Waals surface area contributed by atoms with Gasteiger partial charge in [-0.1, -0.05) is 55.7 Å². The van der Waals surface area contributed by atoms with Crippen molar-refractivity contribution in [2.45, 2.75) is 63.9 Å². The van der Waals surface area contributed by atoms with Gasteiger partial charge in [-0.15, -0.1) is 0 Å². The molecule has 128 valence electrons. The molecule has 1 aromatic rings. The number of unbranched alkanes of at least 4 members (excludes halogenated alkanes) is 2. The van der Waals surface area contributed by atoms with Crippen LogP contribution >= 0.6 is 0 Å². The summed E-state index contributed by atoms with van der Waals surface area (Å²) in [5.74, 6) is 0.0307. The minimum absolute atomic E-state index is 0.0438. The van der Waals surface area contributed by atoms with Crippen LogP contribution in [0, 0.1) is 17.2 Å². The summed E-state index contributed by atoms with van der Waals surface area (Å²) in [5.41, 5.74) is 1.10. The first-order chi connectivity index (χ1) is 11.8. The van der Waals surface area contributed by atoms with Gasteiger partial charge in [0.1, 0.15) is 6.10 Å². The Kier molecular flexibility index (Phi) is 8.10. The smallest absolute Gasteiger partial charge is 0.309 e. The molecule has 1 saturated carbocycles. The fraction of sp³-hybridized carbons (Fsp3) is 0.524. The van der Waals surface area contributed by atoms with Gasteiger partial charge in [0.15, 0.2) is 0 Å². The first-order valence-electron chi connectivity index (χ1n) is 9.10. The second-order valence-electron chi connectivity index (χ2n) is 6.48. The highest BCUT2D eigenvalue weighted by atomic mass is 16.5. The van der Waals surface area contributed by atoms with Crippen molar-refractivity contribution in [1.82, 2.24) is 0 Å². The molecule has 1 atom stereocenters. The summed E-state index contributed by atoms with van der Waals surface area (Å²) in [6.45, 7) is 0. The summed E-state index contributed by atoms with van der Waals surface area (Å²) in [6, 6.07) is 12.2. The molecule has 0 bridgehead atoms. The third kappa shape index (κ3) is 6.58. The molecule has 0 N–H and O–H groups in total. The van der Waals surface area contributed by atoms with Crippen molar-refractivity contribution in [2.24, 2.45) is 5.92 Å². The molecule has 0 radical (unpaired) electrons. The van der Waals surface area contributed by atoms with E-state index in [2.05, 4.69) is 6.07 Å². The third-order valence-corrected chi connectivity index (χ3v) is 4.54. The monoisotopic (exact) mass is 325 g/mol. The second kappa shape index (κ2) is 10.6. The van der Waals surface area contributed by atoms with Crippen LogP contribution < -0.4 is 0 Å². The molecule has 0 amide bonds. The lowest BCUT2D eigenvalue weighted by atomic mass is 9.89. The molecule has 0 saturated heterocycles. The van der Waals surface area contributed by atoms with Crippen LogP contribution in [0.15, 0.2) is 36.4 Å². The summed E-state index contributed by atoms with van der Waals surface area (Å²) in [7, 11) is 0. The predicted octanol–water partition coefficient (Wildman–Crippen LogP) is 5.28. The van der Waals surface area contributed by atoms with Crippen molar-refractivity contribution in [2.75, 3.05) is 0 Å². The molecular formula is C21H27NO2. The first-order valence-corrected chi connectivity index (χ1v) is 9.10. The Morgan fingerprint density at radius 3 is 2.67 bits per heavy atom. The van der Waals surface area contributed by atoms with Crippen molar-refractivity contribution in [3.8, 4) is 6.07 Å². The molecule has 0 heterocycles. The number of hydrogen-bond donors (Lipinski definition) is 0. The van der Waals surface area contributed by atoms with E-state index in [9.17, 15) is 4.79 Å². The number of rotatable bonds is 8. The van der Waals surface area contributed by atoms with Crippen molar-refractivity contribution in [3.63, 3.8) is 0 Å². The zero-order valence-electron chi connectivity index (χ0n) is 14.3. The highest BCUT2D eigenvalue weighted by Crippen LogP contribution is 2.25. The topological polar surface area (TPSA) is 50.1 Å². The molecule has 2 rings (SSSR count). The fourth-order valence-corrected chi connectivity index (χ4v) is 3.11. The van der Waals surface area contributed by atoms with Crippen LogP contribution in [0.25, 0.3) is 6.08 Å². The van der Waals surface area contributed by atoms with E-state index in [0.717, 1.165) is 50.5 Å². The van der Waals surface area contributed by atoms with E-state index < -0.39 is 0 Å². The lowest BCUT2D eigenvalue weighted by Crippen LogP contribution is -2.25. The molecule has 1 aliphatic carbocycles. The van der Waals surface area contributed by atoms with Gasteiger partial charge >= 0.3 is 5.97 Å². The Morgan fingerprint density at radius 2 is 1.96 bits per heavy atom. The van der Waals surface area contributed by atoms with Crippen molar-refractivity contribution in [1.29, 1.82) is 5.26 Å². The Labute approximate surface area is 145 Å². The SMILES string of the molecule is N#CCCCC[C@H](/C=C/c1ccccc1)OC(=O)C1CCCCC1.